The van der Waals surface area contributed by atoms with E-state index in [1.54, 1.807) is 0 Å². The summed E-state index contributed by atoms with van der Waals surface area (Å²) in [6.07, 6.45) is -0.0227. The van der Waals surface area contributed by atoms with Crippen molar-refractivity contribution in [2.75, 3.05) is 0 Å². The maximum atomic E-state index is 10.6. The Kier molecular flexibility index (Phi) is 16.9. The van der Waals surface area contributed by atoms with Gasteiger partial charge in [0.15, 0.2) is 10.8 Å². The van der Waals surface area contributed by atoms with Crippen molar-refractivity contribution in [2.45, 2.75) is 25.7 Å². The van der Waals surface area contributed by atoms with E-state index in [1.165, 1.54) is 0 Å². The fourth-order valence-electron chi connectivity index (χ4n) is 3.03. The van der Waals surface area contributed by atoms with Gasteiger partial charge in [-0.3, -0.25) is 28.8 Å². The summed E-state index contributed by atoms with van der Waals surface area (Å²) < 4.78 is 0. The molecule has 2 atom stereocenters. The first-order valence-corrected chi connectivity index (χ1v) is 7.24. The van der Waals surface area contributed by atoms with Gasteiger partial charge in [0.1, 0.15) is 0 Å². The van der Waals surface area contributed by atoms with Crippen molar-refractivity contribution in [1.29, 1.82) is 0 Å². The van der Waals surface area contributed by atoms with Crippen molar-refractivity contribution in [2.24, 2.45) is 22.7 Å². The Morgan fingerprint density at radius 2 is 0.724 bits per heavy atom. The van der Waals surface area contributed by atoms with E-state index < -0.39 is 58.5 Å². The first kappa shape index (κ1) is 35.1. The van der Waals surface area contributed by atoms with Crippen LogP contribution < -0.4 is 0 Å². The predicted molar refractivity (Wildman–Crippen MR) is 93.4 cm³/mol. The van der Waals surface area contributed by atoms with Crippen molar-refractivity contribution in [3.05, 3.63) is 0 Å². The summed E-state index contributed by atoms with van der Waals surface area (Å²) in [7, 11) is 0. The van der Waals surface area contributed by atoms with Crippen LogP contribution in [0.1, 0.15) is 25.7 Å². The molecule has 0 aromatic heterocycles. The average Bonchev–Trinajstić information content (AvgIpc) is 2.33. The second-order valence-corrected chi connectivity index (χ2v) is 6.02. The molecule has 0 heterocycles. The minimum atomic E-state index is -2.11. The van der Waals surface area contributed by atoms with Crippen LogP contribution in [0.2, 0.25) is 0 Å². The summed E-state index contributed by atoms with van der Waals surface area (Å²) in [5.41, 5.74) is -4.21. The quantitative estimate of drug-likeness (QED) is 0.129. The molecule has 2 saturated carbocycles. The first-order valence-electron chi connectivity index (χ1n) is 7.24. The monoisotopic (exact) mass is 790 g/mol. The zero-order valence-corrected chi connectivity index (χ0v) is 28.6. The zero-order valence-electron chi connectivity index (χ0n) is 15.2. The van der Waals surface area contributed by atoms with Gasteiger partial charge in [-0.05, 0) is 25.7 Å². The van der Waals surface area contributed by atoms with Crippen LogP contribution in [-0.2, 0) is 28.8 Å². The second kappa shape index (κ2) is 13.9. The molecular formula is C14H16Ba3O12. The third-order valence-corrected chi connectivity index (χ3v) is 4.97. The van der Waals surface area contributed by atoms with Gasteiger partial charge >= 0.3 is 35.8 Å². The maximum absolute atomic E-state index is 10.6. The number of carbonyl (C=O) groups is 6. The molecule has 6 radical (unpaired) electrons. The molecule has 12 nitrogen and oxygen atoms in total. The van der Waals surface area contributed by atoms with Gasteiger partial charge in [0.05, 0.1) is 11.8 Å². The molecule has 0 bridgehead atoms. The summed E-state index contributed by atoms with van der Waals surface area (Å²) >= 11 is 0. The molecule has 2 aliphatic carbocycles. The third kappa shape index (κ3) is 6.76. The molecule has 2 aliphatic rings. The molecule has 6 N–H and O–H groups in total. The van der Waals surface area contributed by atoms with Crippen LogP contribution in [0.3, 0.4) is 0 Å². The molecule has 0 aromatic rings. The Bertz CT molecular complexity index is 605. The molecular weight excluding hydrogens is 772 g/mol. The van der Waals surface area contributed by atoms with Gasteiger partial charge in [0.2, 0.25) is 0 Å². The van der Waals surface area contributed by atoms with E-state index in [2.05, 4.69) is 0 Å². The predicted octanol–water partition coefficient (Wildman–Crippen LogP) is -1.87. The fourth-order valence-corrected chi connectivity index (χ4v) is 3.03. The van der Waals surface area contributed by atoms with Crippen LogP contribution in [0.25, 0.3) is 0 Å². The van der Waals surface area contributed by atoms with E-state index >= 15 is 0 Å². The SMILES string of the molecule is O=C(O)C1CCC1(C(=O)O)C(=O)O.O=C(O)C1CCC1(C(=O)O)C(=O)O.[Ba].[Ba].[Ba]. The first-order chi connectivity index (χ1) is 11.9. The number of hydrogen-bond donors (Lipinski definition) is 6. The summed E-state index contributed by atoms with van der Waals surface area (Å²) in [6.45, 7) is 0. The average molecular weight is 788 g/mol. The summed E-state index contributed by atoms with van der Waals surface area (Å²) in [6, 6.07) is 0. The smallest absolute Gasteiger partial charge is 0.321 e. The number of carboxylic acids is 6. The number of rotatable bonds is 6. The molecule has 0 spiro atoms. The van der Waals surface area contributed by atoms with Gasteiger partial charge in [-0.15, -0.1) is 0 Å². The second-order valence-electron chi connectivity index (χ2n) is 6.02. The Balaban J connectivity index is -0.000000422. The molecule has 2 fully saturated rings. The Morgan fingerprint density at radius 1 is 0.517 bits per heavy atom. The number of aliphatic carboxylic acids is 6. The number of carboxylic acid groups (broad SMARTS) is 6. The molecule has 2 unspecified atom stereocenters. The van der Waals surface area contributed by atoms with E-state index in [0.29, 0.717) is 0 Å². The van der Waals surface area contributed by atoms with Gasteiger partial charge in [-0.25, -0.2) is 0 Å². The Morgan fingerprint density at radius 3 is 0.759 bits per heavy atom. The van der Waals surface area contributed by atoms with Crippen LogP contribution in [0.15, 0.2) is 0 Å². The molecule has 0 amide bonds. The van der Waals surface area contributed by atoms with E-state index in [9.17, 15) is 28.8 Å². The minimum absolute atomic E-state index is 0. The summed E-state index contributed by atoms with van der Waals surface area (Å²) in [5, 5.41) is 51.6. The summed E-state index contributed by atoms with van der Waals surface area (Å²) in [4.78, 5) is 63.4. The van der Waals surface area contributed by atoms with Crippen molar-refractivity contribution in [1.82, 2.24) is 0 Å². The molecule has 0 saturated heterocycles. The zero-order chi connectivity index (χ0) is 20.4. The fraction of sp³-hybridized carbons (Fsp3) is 0.571. The molecule has 15 heteroatoms. The van der Waals surface area contributed by atoms with Crippen LogP contribution in [0.4, 0.5) is 0 Å². The van der Waals surface area contributed by atoms with Crippen molar-refractivity contribution in [3.8, 4) is 0 Å². The standard InChI is InChI=1S/2C7H8O6.3Ba/c2*8-4(9)3-1-2-7(3,5(10)11)6(12)13;;;/h2*3H,1-2H2,(H,8,9)(H,10,11)(H,12,13);;;. The third-order valence-electron chi connectivity index (χ3n) is 4.97. The Hall–Kier alpha value is 1.53. The number of hydrogen-bond acceptors (Lipinski definition) is 6. The topological polar surface area (TPSA) is 224 Å². The van der Waals surface area contributed by atoms with Crippen molar-refractivity contribution in [3.63, 3.8) is 0 Å². The normalized spacial score (nSPS) is 21.9. The van der Waals surface area contributed by atoms with Crippen LogP contribution in [0.5, 0.6) is 0 Å². The molecule has 29 heavy (non-hydrogen) atoms. The van der Waals surface area contributed by atoms with Crippen LogP contribution >= 0.6 is 0 Å². The minimum Gasteiger partial charge on any atom is -0.481 e. The molecule has 2 rings (SSSR count). The molecule has 0 aromatic carbocycles. The van der Waals surface area contributed by atoms with E-state index in [1.807, 2.05) is 0 Å². The van der Waals surface area contributed by atoms with Gasteiger partial charge in [0, 0.05) is 147 Å². The summed E-state index contributed by atoms with van der Waals surface area (Å²) in [5.74, 6) is -11.6. The molecule has 0 aliphatic heterocycles. The van der Waals surface area contributed by atoms with E-state index in [0.717, 1.165) is 0 Å². The van der Waals surface area contributed by atoms with Crippen LogP contribution in [0, 0.1) is 22.7 Å². The van der Waals surface area contributed by atoms with Gasteiger partial charge in [-0.1, -0.05) is 0 Å². The van der Waals surface area contributed by atoms with Crippen LogP contribution in [-0.4, -0.2) is 213 Å². The van der Waals surface area contributed by atoms with Gasteiger partial charge in [-0.2, -0.15) is 0 Å². The van der Waals surface area contributed by atoms with Gasteiger partial charge in [0.25, 0.3) is 0 Å². The van der Waals surface area contributed by atoms with Gasteiger partial charge < -0.3 is 30.6 Å². The van der Waals surface area contributed by atoms with Crippen molar-refractivity contribution >= 4 is 182 Å². The Labute approximate surface area is 284 Å². The maximum Gasteiger partial charge on any atom is 0.321 e. The van der Waals surface area contributed by atoms with E-state index in [4.69, 9.17) is 30.6 Å². The molecule has 150 valence electrons. The largest absolute Gasteiger partial charge is 0.481 e. The van der Waals surface area contributed by atoms with E-state index in [-0.39, 0.29) is 172 Å². The van der Waals surface area contributed by atoms with Crippen molar-refractivity contribution < 1.29 is 59.4 Å².